The van der Waals surface area contributed by atoms with Crippen molar-refractivity contribution in [3.05, 3.63) is 34.3 Å². The molecule has 0 aliphatic carbocycles. The van der Waals surface area contributed by atoms with Gasteiger partial charge < -0.3 is 5.32 Å². The van der Waals surface area contributed by atoms with Gasteiger partial charge in [0.25, 0.3) is 0 Å². The van der Waals surface area contributed by atoms with Crippen LogP contribution in [0, 0.1) is 0 Å². The first-order chi connectivity index (χ1) is 8.48. The average Bonchev–Trinajstić information content (AvgIpc) is 2.28. The standard InChI is InChI=1S/C13H18BrNO2S/c1-10(12-6-2-3-7-13(12)14)15-11-5-4-8-18(16,17)9-11/h2-3,6-7,10-11,15H,4-5,8-9H2,1H3/t10-,11?/m1/s1. The van der Waals surface area contributed by atoms with Gasteiger partial charge in [-0.2, -0.15) is 0 Å². The normalized spacial score (nSPS) is 24.7. The lowest BCUT2D eigenvalue weighted by Gasteiger charge is -2.27. The van der Waals surface area contributed by atoms with Gasteiger partial charge in [-0.15, -0.1) is 0 Å². The molecule has 1 aliphatic rings. The van der Waals surface area contributed by atoms with Crippen LogP contribution in [0.2, 0.25) is 0 Å². The fourth-order valence-electron chi connectivity index (χ4n) is 2.42. The van der Waals surface area contributed by atoms with Gasteiger partial charge in [0.2, 0.25) is 0 Å². The van der Waals surface area contributed by atoms with Gasteiger partial charge in [0, 0.05) is 16.6 Å². The first-order valence-corrected chi connectivity index (χ1v) is 8.80. The van der Waals surface area contributed by atoms with Gasteiger partial charge in [0.1, 0.15) is 0 Å². The molecule has 1 heterocycles. The van der Waals surface area contributed by atoms with E-state index in [1.54, 1.807) is 0 Å². The highest BCUT2D eigenvalue weighted by atomic mass is 79.9. The van der Waals surface area contributed by atoms with Crippen LogP contribution in [0.5, 0.6) is 0 Å². The van der Waals surface area contributed by atoms with Crippen molar-refractivity contribution >= 4 is 25.8 Å². The van der Waals surface area contributed by atoms with E-state index in [9.17, 15) is 8.42 Å². The SMILES string of the molecule is C[C@@H](NC1CCCS(=O)(=O)C1)c1ccccc1Br. The molecule has 1 unspecified atom stereocenters. The number of nitrogens with one attached hydrogen (secondary N) is 1. The summed E-state index contributed by atoms with van der Waals surface area (Å²) in [5.74, 6) is 0.608. The van der Waals surface area contributed by atoms with E-state index in [2.05, 4.69) is 34.2 Å². The number of benzene rings is 1. The monoisotopic (exact) mass is 331 g/mol. The molecular weight excluding hydrogens is 314 g/mol. The lowest BCUT2D eigenvalue weighted by molar-refractivity contribution is 0.437. The molecule has 0 aromatic heterocycles. The van der Waals surface area contributed by atoms with E-state index in [0.29, 0.717) is 5.75 Å². The number of hydrogen-bond donors (Lipinski definition) is 1. The van der Waals surface area contributed by atoms with E-state index in [1.807, 2.05) is 18.2 Å². The molecule has 1 saturated heterocycles. The maximum absolute atomic E-state index is 11.6. The van der Waals surface area contributed by atoms with Crippen molar-refractivity contribution in [1.29, 1.82) is 0 Å². The number of rotatable bonds is 3. The Balaban J connectivity index is 2.04. The zero-order valence-corrected chi connectivity index (χ0v) is 12.8. The third kappa shape index (κ3) is 3.56. The molecule has 2 atom stereocenters. The van der Waals surface area contributed by atoms with E-state index in [4.69, 9.17) is 0 Å². The number of sulfone groups is 1. The third-order valence-corrected chi connectivity index (χ3v) is 5.86. The predicted molar refractivity (Wildman–Crippen MR) is 77.4 cm³/mol. The Labute approximate surface area is 117 Å². The molecule has 1 fully saturated rings. The highest BCUT2D eigenvalue weighted by Gasteiger charge is 2.26. The molecule has 5 heteroatoms. The molecule has 100 valence electrons. The molecule has 1 aliphatic heterocycles. The third-order valence-electron chi connectivity index (χ3n) is 3.32. The van der Waals surface area contributed by atoms with E-state index in [-0.39, 0.29) is 17.8 Å². The lowest BCUT2D eigenvalue weighted by Crippen LogP contribution is -2.41. The van der Waals surface area contributed by atoms with Crippen molar-refractivity contribution in [2.24, 2.45) is 0 Å². The molecule has 18 heavy (non-hydrogen) atoms. The van der Waals surface area contributed by atoms with E-state index in [1.165, 1.54) is 5.56 Å². The molecule has 0 bridgehead atoms. The Morgan fingerprint density at radius 3 is 2.78 bits per heavy atom. The van der Waals surface area contributed by atoms with Crippen molar-refractivity contribution < 1.29 is 8.42 Å². The first-order valence-electron chi connectivity index (χ1n) is 6.19. The Morgan fingerprint density at radius 1 is 1.39 bits per heavy atom. The molecular formula is C13H18BrNO2S. The van der Waals surface area contributed by atoms with Crippen molar-refractivity contribution in [2.45, 2.75) is 31.8 Å². The van der Waals surface area contributed by atoms with Crippen LogP contribution in [0.4, 0.5) is 0 Å². The van der Waals surface area contributed by atoms with Gasteiger partial charge in [-0.1, -0.05) is 34.1 Å². The van der Waals surface area contributed by atoms with Gasteiger partial charge in [-0.25, -0.2) is 8.42 Å². The van der Waals surface area contributed by atoms with Crippen molar-refractivity contribution in [2.75, 3.05) is 11.5 Å². The van der Waals surface area contributed by atoms with Crippen LogP contribution in [-0.2, 0) is 9.84 Å². The maximum Gasteiger partial charge on any atom is 0.151 e. The summed E-state index contributed by atoms with van der Waals surface area (Å²) in [6.07, 6.45) is 1.71. The van der Waals surface area contributed by atoms with Gasteiger partial charge in [0.15, 0.2) is 9.84 Å². The van der Waals surface area contributed by atoms with Crippen LogP contribution >= 0.6 is 15.9 Å². The van der Waals surface area contributed by atoms with E-state index >= 15 is 0 Å². The summed E-state index contributed by atoms with van der Waals surface area (Å²) >= 11 is 3.53. The second-order valence-corrected chi connectivity index (χ2v) is 7.95. The molecule has 0 saturated carbocycles. The smallest absolute Gasteiger partial charge is 0.151 e. The van der Waals surface area contributed by atoms with Crippen molar-refractivity contribution in [1.82, 2.24) is 5.32 Å². The Kier molecular flexibility index (Phi) is 4.45. The summed E-state index contributed by atoms with van der Waals surface area (Å²) in [5, 5.41) is 3.42. The number of halogens is 1. The lowest BCUT2D eigenvalue weighted by atomic mass is 10.1. The van der Waals surface area contributed by atoms with Crippen LogP contribution in [0.1, 0.15) is 31.4 Å². The molecule has 0 radical (unpaired) electrons. The summed E-state index contributed by atoms with van der Waals surface area (Å²) in [7, 11) is -2.84. The van der Waals surface area contributed by atoms with Crippen molar-refractivity contribution in [3.63, 3.8) is 0 Å². The maximum atomic E-state index is 11.6. The van der Waals surface area contributed by atoms with Crippen LogP contribution < -0.4 is 5.32 Å². The summed E-state index contributed by atoms with van der Waals surface area (Å²) in [5.41, 5.74) is 1.17. The van der Waals surface area contributed by atoms with Crippen LogP contribution in [0.15, 0.2) is 28.7 Å². The molecule has 1 aromatic rings. The Morgan fingerprint density at radius 2 is 2.11 bits per heavy atom. The highest BCUT2D eigenvalue weighted by molar-refractivity contribution is 9.10. The summed E-state index contributed by atoms with van der Waals surface area (Å²) < 4.78 is 24.3. The van der Waals surface area contributed by atoms with Gasteiger partial charge in [-0.05, 0) is 31.4 Å². The predicted octanol–water partition coefficient (Wildman–Crippen LogP) is 2.68. The first kappa shape index (κ1) is 14.0. The van der Waals surface area contributed by atoms with Crippen LogP contribution in [-0.4, -0.2) is 26.0 Å². The summed E-state index contributed by atoms with van der Waals surface area (Å²) in [6, 6.07) is 8.26. The van der Waals surface area contributed by atoms with Gasteiger partial charge >= 0.3 is 0 Å². The van der Waals surface area contributed by atoms with Crippen LogP contribution in [0.25, 0.3) is 0 Å². The van der Waals surface area contributed by atoms with E-state index < -0.39 is 9.84 Å². The molecule has 2 rings (SSSR count). The Hall–Kier alpha value is -0.390. The molecule has 0 spiro atoms. The zero-order valence-electron chi connectivity index (χ0n) is 10.4. The molecule has 3 nitrogen and oxygen atoms in total. The van der Waals surface area contributed by atoms with Gasteiger partial charge in [-0.3, -0.25) is 0 Å². The summed E-state index contributed by atoms with van der Waals surface area (Å²) in [4.78, 5) is 0. The second kappa shape index (κ2) is 5.72. The molecule has 1 aromatic carbocycles. The molecule has 0 amide bonds. The number of hydrogen-bond acceptors (Lipinski definition) is 3. The summed E-state index contributed by atoms with van der Waals surface area (Å²) in [6.45, 7) is 2.07. The highest BCUT2D eigenvalue weighted by Crippen LogP contribution is 2.24. The minimum atomic E-state index is -2.84. The largest absolute Gasteiger partial charge is 0.306 e. The van der Waals surface area contributed by atoms with Crippen LogP contribution in [0.3, 0.4) is 0 Å². The minimum absolute atomic E-state index is 0.0749. The second-order valence-electron chi connectivity index (χ2n) is 4.86. The minimum Gasteiger partial charge on any atom is -0.306 e. The average molecular weight is 332 g/mol. The topological polar surface area (TPSA) is 46.2 Å². The zero-order chi connectivity index (χ0) is 13.2. The van der Waals surface area contributed by atoms with Crippen molar-refractivity contribution in [3.8, 4) is 0 Å². The van der Waals surface area contributed by atoms with Gasteiger partial charge in [0.05, 0.1) is 11.5 Å². The fraction of sp³-hybridized carbons (Fsp3) is 0.538. The molecule has 1 N–H and O–H groups in total. The Bertz CT molecular complexity index is 515. The van der Waals surface area contributed by atoms with E-state index in [0.717, 1.165) is 17.3 Å². The fourth-order valence-corrected chi connectivity index (χ4v) is 4.70. The quantitative estimate of drug-likeness (QED) is 0.926.